The number of amides is 1. The number of ether oxygens (including phenoxy) is 1. The molecule has 1 aliphatic rings. The first kappa shape index (κ1) is 15.6. The largest absolute Gasteiger partial charge is 0.466 e. The fourth-order valence-corrected chi connectivity index (χ4v) is 2.74. The van der Waals surface area contributed by atoms with E-state index in [1.807, 2.05) is 0 Å². The average Bonchev–Trinajstić information content (AvgIpc) is 2.46. The van der Waals surface area contributed by atoms with Gasteiger partial charge in [-0.15, -0.1) is 0 Å². The van der Waals surface area contributed by atoms with Crippen molar-refractivity contribution in [2.45, 2.75) is 19.8 Å². The number of piperidine rings is 1. The van der Waals surface area contributed by atoms with E-state index in [0.717, 1.165) is 0 Å². The van der Waals surface area contributed by atoms with Crippen molar-refractivity contribution in [3.8, 4) is 0 Å². The lowest BCUT2D eigenvalue weighted by atomic mass is 9.96. The summed E-state index contributed by atoms with van der Waals surface area (Å²) < 4.78 is 5.02. The molecule has 1 aromatic carbocycles. The second-order valence-corrected chi connectivity index (χ2v) is 5.53. The van der Waals surface area contributed by atoms with Gasteiger partial charge in [-0.05, 0) is 38.0 Å². The van der Waals surface area contributed by atoms with Crippen LogP contribution in [0.2, 0.25) is 5.02 Å². The average molecular weight is 311 g/mol. The number of esters is 1. The number of rotatable bonds is 3. The Balaban J connectivity index is 1.98. The molecule has 1 heterocycles. The Kier molecular flexibility index (Phi) is 5.07. The summed E-state index contributed by atoms with van der Waals surface area (Å²) in [4.78, 5) is 25.8. The second kappa shape index (κ2) is 6.80. The van der Waals surface area contributed by atoms with Crippen LogP contribution in [0.3, 0.4) is 0 Å². The summed E-state index contributed by atoms with van der Waals surface area (Å²) in [6.45, 7) is 3.25. The van der Waals surface area contributed by atoms with E-state index in [0.29, 0.717) is 48.8 Å². The summed E-state index contributed by atoms with van der Waals surface area (Å²) in [6.07, 6.45) is 1.25. The van der Waals surface area contributed by atoms with Crippen molar-refractivity contribution < 1.29 is 14.3 Å². The Morgan fingerprint density at radius 3 is 2.57 bits per heavy atom. The SMILES string of the molecule is CCOC(=O)C1CCN(C(=O)c2cc(N)cc(Cl)c2)CC1. The molecule has 0 aliphatic carbocycles. The van der Waals surface area contributed by atoms with Crippen molar-refractivity contribution in [3.05, 3.63) is 28.8 Å². The molecule has 2 N–H and O–H groups in total. The Hall–Kier alpha value is -1.75. The molecule has 114 valence electrons. The normalized spacial score (nSPS) is 15.8. The minimum atomic E-state index is -0.170. The number of nitrogens with two attached hydrogens (primary N) is 1. The van der Waals surface area contributed by atoms with E-state index >= 15 is 0 Å². The van der Waals surface area contributed by atoms with Crippen LogP contribution in [-0.4, -0.2) is 36.5 Å². The minimum Gasteiger partial charge on any atom is -0.466 e. The number of anilines is 1. The van der Waals surface area contributed by atoms with Gasteiger partial charge in [0.25, 0.3) is 5.91 Å². The van der Waals surface area contributed by atoms with Gasteiger partial charge in [-0.1, -0.05) is 11.6 Å². The topological polar surface area (TPSA) is 72.6 Å². The molecule has 2 rings (SSSR count). The number of hydrogen-bond donors (Lipinski definition) is 1. The molecule has 21 heavy (non-hydrogen) atoms. The molecule has 5 nitrogen and oxygen atoms in total. The van der Waals surface area contributed by atoms with Crippen molar-refractivity contribution in [2.24, 2.45) is 5.92 Å². The van der Waals surface area contributed by atoms with Crippen LogP contribution >= 0.6 is 11.6 Å². The molecule has 0 unspecified atom stereocenters. The Labute approximate surface area is 129 Å². The number of carbonyl (C=O) groups is 2. The van der Waals surface area contributed by atoms with Crippen molar-refractivity contribution >= 4 is 29.2 Å². The zero-order valence-electron chi connectivity index (χ0n) is 12.0. The number of likely N-dealkylation sites (tertiary alicyclic amines) is 1. The highest BCUT2D eigenvalue weighted by Gasteiger charge is 2.28. The highest BCUT2D eigenvalue weighted by Crippen LogP contribution is 2.22. The van der Waals surface area contributed by atoms with Crippen LogP contribution in [-0.2, 0) is 9.53 Å². The Morgan fingerprint density at radius 1 is 1.33 bits per heavy atom. The van der Waals surface area contributed by atoms with Gasteiger partial charge in [0.05, 0.1) is 12.5 Å². The molecule has 0 spiro atoms. The maximum atomic E-state index is 12.4. The highest BCUT2D eigenvalue weighted by molar-refractivity contribution is 6.31. The van der Waals surface area contributed by atoms with Crippen LogP contribution in [0.1, 0.15) is 30.1 Å². The van der Waals surface area contributed by atoms with E-state index in [9.17, 15) is 9.59 Å². The molecule has 0 atom stereocenters. The summed E-state index contributed by atoms with van der Waals surface area (Å²) in [5.74, 6) is -0.387. The predicted octanol–water partition coefficient (Wildman–Crippen LogP) is 2.34. The van der Waals surface area contributed by atoms with Crippen LogP contribution in [0.4, 0.5) is 5.69 Å². The van der Waals surface area contributed by atoms with Crippen molar-refractivity contribution in [1.82, 2.24) is 4.90 Å². The third-order valence-corrected chi connectivity index (χ3v) is 3.79. The quantitative estimate of drug-likeness (QED) is 0.687. The van der Waals surface area contributed by atoms with Crippen molar-refractivity contribution in [2.75, 3.05) is 25.4 Å². The second-order valence-electron chi connectivity index (χ2n) is 5.09. The number of halogens is 1. The van der Waals surface area contributed by atoms with Crippen LogP contribution in [0.5, 0.6) is 0 Å². The molecule has 0 radical (unpaired) electrons. The van der Waals surface area contributed by atoms with Gasteiger partial charge in [0, 0.05) is 29.4 Å². The van der Waals surface area contributed by atoms with Crippen molar-refractivity contribution in [1.29, 1.82) is 0 Å². The first-order chi connectivity index (χ1) is 10.0. The van der Waals surface area contributed by atoms with Gasteiger partial charge in [0.2, 0.25) is 0 Å². The Bertz CT molecular complexity index is 519. The maximum absolute atomic E-state index is 12.4. The molecule has 0 bridgehead atoms. The number of nitrogen functional groups attached to an aromatic ring is 1. The van der Waals surface area contributed by atoms with E-state index in [2.05, 4.69) is 0 Å². The van der Waals surface area contributed by atoms with Gasteiger partial charge in [-0.25, -0.2) is 0 Å². The van der Waals surface area contributed by atoms with E-state index in [-0.39, 0.29) is 17.8 Å². The summed E-state index contributed by atoms with van der Waals surface area (Å²) in [5.41, 5.74) is 6.65. The van der Waals surface area contributed by atoms with Crippen LogP contribution in [0, 0.1) is 5.92 Å². The molecule has 0 saturated carbocycles. The molecule has 6 heteroatoms. The smallest absolute Gasteiger partial charge is 0.309 e. The van der Waals surface area contributed by atoms with Crippen LogP contribution in [0.25, 0.3) is 0 Å². The number of hydrogen-bond acceptors (Lipinski definition) is 4. The van der Waals surface area contributed by atoms with Crippen LogP contribution < -0.4 is 5.73 Å². The van der Waals surface area contributed by atoms with Gasteiger partial charge in [0.1, 0.15) is 0 Å². The van der Waals surface area contributed by atoms with Crippen molar-refractivity contribution in [3.63, 3.8) is 0 Å². The van der Waals surface area contributed by atoms with Gasteiger partial charge < -0.3 is 15.4 Å². The minimum absolute atomic E-state index is 0.105. The highest BCUT2D eigenvalue weighted by atomic mass is 35.5. The molecule has 1 saturated heterocycles. The predicted molar refractivity (Wildman–Crippen MR) is 81.1 cm³/mol. The van der Waals surface area contributed by atoms with E-state index in [1.54, 1.807) is 30.0 Å². The van der Waals surface area contributed by atoms with Crippen LogP contribution in [0.15, 0.2) is 18.2 Å². The molecule has 1 fully saturated rings. The number of nitrogens with zero attached hydrogens (tertiary/aromatic N) is 1. The van der Waals surface area contributed by atoms with Gasteiger partial charge in [-0.2, -0.15) is 0 Å². The fraction of sp³-hybridized carbons (Fsp3) is 0.467. The standard InChI is InChI=1S/C15H19ClN2O3/c1-2-21-15(20)10-3-5-18(6-4-10)14(19)11-7-12(16)9-13(17)8-11/h7-10H,2-6,17H2,1H3. The summed E-state index contributed by atoms with van der Waals surface area (Å²) >= 11 is 5.92. The summed E-state index contributed by atoms with van der Waals surface area (Å²) in [7, 11) is 0. The zero-order valence-corrected chi connectivity index (χ0v) is 12.7. The summed E-state index contributed by atoms with van der Waals surface area (Å²) in [5, 5.41) is 0.444. The maximum Gasteiger partial charge on any atom is 0.309 e. The van der Waals surface area contributed by atoms with Gasteiger partial charge in [-0.3, -0.25) is 9.59 Å². The van der Waals surface area contributed by atoms with Gasteiger partial charge >= 0.3 is 5.97 Å². The van der Waals surface area contributed by atoms with Gasteiger partial charge in [0.15, 0.2) is 0 Å². The third kappa shape index (κ3) is 3.88. The lowest BCUT2D eigenvalue weighted by Crippen LogP contribution is -2.40. The molecule has 1 aromatic rings. The first-order valence-electron chi connectivity index (χ1n) is 7.03. The monoisotopic (exact) mass is 310 g/mol. The molecule has 1 amide bonds. The lowest BCUT2D eigenvalue weighted by molar-refractivity contribution is -0.149. The lowest BCUT2D eigenvalue weighted by Gasteiger charge is -2.31. The first-order valence-corrected chi connectivity index (χ1v) is 7.41. The van der Waals surface area contributed by atoms with E-state index in [4.69, 9.17) is 22.1 Å². The molecule has 1 aliphatic heterocycles. The zero-order chi connectivity index (χ0) is 15.4. The molecular formula is C15H19ClN2O3. The summed E-state index contributed by atoms with van der Waals surface area (Å²) in [6, 6.07) is 4.83. The third-order valence-electron chi connectivity index (χ3n) is 3.57. The van der Waals surface area contributed by atoms with E-state index in [1.165, 1.54) is 0 Å². The number of benzene rings is 1. The molecular weight excluding hydrogens is 292 g/mol. The Morgan fingerprint density at radius 2 is 2.00 bits per heavy atom. The van der Waals surface area contributed by atoms with E-state index < -0.39 is 0 Å². The molecule has 0 aromatic heterocycles. The number of carbonyl (C=O) groups excluding carboxylic acids is 2. The fourth-order valence-electron chi connectivity index (χ4n) is 2.50.